The van der Waals surface area contributed by atoms with Crippen molar-refractivity contribution in [3.05, 3.63) is 0 Å². The molecule has 0 amide bonds. The highest BCUT2D eigenvalue weighted by Gasteiger charge is 2.48. The molecule has 0 aromatic heterocycles. The molecule has 1 aliphatic heterocycles. The van der Waals surface area contributed by atoms with Crippen molar-refractivity contribution in [3.8, 4) is 0 Å². The molecule has 1 aliphatic carbocycles. The summed E-state index contributed by atoms with van der Waals surface area (Å²) in [4.78, 5) is 0. The lowest BCUT2D eigenvalue weighted by Crippen LogP contribution is -2.44. The van der Waals surface area contributed by atoms with Crippen LogP contribution in [-0.2, 0) is 4.43 Å². The standard InChI is InChI=1S/C13H27NOSi/c1-12(2,3)16(4,5)15-10-11-6-7-13(14-11)8-9-13/h11,14H,6-10H2,1-5H3. The quantitative estimate of drug-likeness (QED) is 0.766. The molecule has 1 saturated heterocycles. The van der Waals surface area contributed by atoms with Crippen LogP contribution in [0.4, 0.5) is 0 Å². The number of nitrogens with one attached hydrogen (secondary N) is 1. The first-order valence-electron chi connectivity index (χ1n) is 6.66. The molecule has 0 aromatic rings. The predicted octanol–water partition coefficient (Wildman–Crippen LogP) is 3.29. The summed E-state index contributed by atoms with van der Waals surface area (Å²) in [6.07, 6.45) is 5.47. The minimum absolute atomic E-state index is 0.336. The Hall–Kier alpha value is 0.137. The topological polar surface area (TPSA) is 21.3 Å². The van der Waals surface area contributed by atoms with Crippen molar-refractivity contribution >= 4 is 8.32 Å². The van der Waals surface area contributed by atoms with Gasteiger partial charge in [-0.1, -0.05) is 20.8 Å². The van der Waals surface area contributed by atoms with Gasteiger partial charge in [0.2, 0.25) is 0 Å². The smallest absolute Gasteiger partial charge is 0.192 e. The van der Waals surface area contributed by atoms with Crippen LogP contribution in [0.2, 0.25) is 18.1 Å². The molecule has 1 saturated carbocycles. The maximum atomic E-state index is 6.28. The number of hydrogen-bond acceptors (Lipinski definition) is 2. The van der Waals surface area contributed by atoms with Gasteiger partial charge in [0.25, 0.3) is 0 Å². The molecule has 2 fully saturated rings. The van der Waals surface area contributed by atoms with Gasteiger partial charge in [-0.15, -0.1) is 0 Å². The third kappa shape index (κ3) is 2.52. The Kier molecular flexibility index (Phi) is 3.01. The van der Waals surface area contributed by atoms with E-state index in [0.717, 1.165) is 6.61 Å². The van der Waals surface area contributed by atoms with E-state index in [1.165, 1.54) is 25.7 Å². The summed E-state index contributed by atoms with van der Waals surface area (Å²) >= 11 is 0. The van der Waals surface area contributed by atoms with Crippen LogP contribution in [0, 0.1) is 0 Å². The second-order valence-corrected chi connectivity index (χ2v) is 12.0. The van der Waals surface area contributed by atoms with Crippen LogP contribution in [0.1, 0.15) is 46.5 Å². The molecule has 94 valence electrons. The second kappa shape index (κ2) is 3.82. The highest BCUT2D eigenvalue weighted by atomic mass is 28.4. The Labute approximate surface area is 101 Å². The fourth-order valence-corrected chi connectivity index (χ4v) is 3.27. The molecule has 3 heteroatoms. The van der Waals surface area contributed by atoms with E-state index in [0.29, 0.717) is 16.6 Å². The summed E-state index contributed by atoms with van der Waals surface area (Å²) in [5.41, 5.74) is 0.557. The fourth-order valence-electron chi connectivity index (χ4n) is 2.22. The van der Waals surface area contributed by atoms with Crippen molar-refractivity contribution in [1.82, 2.24) is 5.32 Å². The summed E-state index contributed by atoms with van der Waals surface area (Å²) in [7, 11) is -1.54. The Morgan fingerprint density at radius 1 is 1.25 bits per heavy atom. The van der Waals surface area contributed by atoms with E-state index >= 15 is 0 Å². The average molecular weight is 241 g/mol. The van der Waals surface area contributed by atoms with Gasteiger partial charge in [0.05, 0.1) is 0 Å². The Morgan fingerprint density at radius 2 is 1.88 bits per heavy atom. The zero-order chi connectivity index (χ0) is 12.0. The zero-order valence-electron chi connectivity index (χ0n) is 11.5. The molecule has 2 nitrogen and oxygen atoms in total. The lowest BCUT2D eigenvalue weighted by atomic mass is 10.2. The van der Waals surface area contributed by atoms with E-state index in [4.69, 9.17) is 4.43 Å². The van der Waals surface area contributed by atoms with Gasteiger partial charge < -0.3 is 9.74 Å². The molecule has 1 heterocycles. The van der Waals surface area contributed by atoms with Gasteiger partial charge in [0.15, 0.2) is 8.32 Å². The summed E-state index contributed by atoms with van der Waals surface area (Å²) in [6.45, 7) is 12.5. The van der Waals surface area contributed by atoms with Crippen molar-refractivity contribution in [2.45, 2.75) is 76.2 Å². The SMILES string of the molecule is CC(C)(C)[Si](C)(C)OCC1CCC2(CC2)N1. The van der Waals surface area contributed by atoms with Crippen molar-refractivity contribution in [3.63, 3.8) is 0 Å². The molecule has 1 spiro atoms. The lowest BCUT2D eigenvalue weighted by Gasteiger charge is -2.37. The second-order valence-electron chi connectivity index (χ2n) is 7.23. The first kappa shape index (κ1) is 12.6. The Bertz CT molecular complexity index is 266. The normalized spacial score (nSPS) is 28.7. The Morgan fingerprint density at radius 3 is 2.31 bits per heavy atom. The van der Waals surface area contributed by atoms with E-state index in [1.54, 1.807) is 0 Å². The molecular weight excluding hydrogens is 214 g/mol. The minimum Gasteiger partial charge on any atom is -0.415 e. The lowest BCUT2D eigenvalue weighted by molar-refractivity contribution is 0.249. The van der Waals surface area contributed by atoms with E-state index in [1.807, 2.05) is 0 Å². The van der Waals surface area contributed by atoms with Gasteiger partial charge in [0.1, 0.15) is 0 Å². The van der Waals surface area contributed by atoms with Gasteiger partial charge in [-0.2, -0.15) is 0 Å². The van der Waals surface area contributed by atoms with E-state index in [-0.39, 0.29) is 0 Å². The van der Waals surface area contributed by atoms with Crippen LogP contribution >= 0.6 is 0 Å². The summed E-state index contributed by atoms with van der Waals surface area (Å²) in [6, 6.07) is 0.622. The van der Waals surface area contributed by atoms with Crippen LogP contribution in [0.25, 0.3) is 0 Å². The molecule has 0 aromatic carbocycles. The number of rotatable bonds is 3. The van der Waals surface area contributed by atoms with E-state index < -0.39 is 8.32 Å². The molecule has 0 bridgehead atoms. The maximum Gasteiger partial charge on any atom is 0.192 e. The van der Waals surface area contributed by atoms with Crippen molar-refractivity contribution in [2.24, 2.45) is 0 Å². The number of hydrogen-bond donors (Lipinski definition) is 1. The molecule has 0 radical (unpaired) electrons. The predicted molar refractivity (Wildman–Crippen MR) is 71.3 cm³/mol. The molecule has 2 aliphatic rings. The Balaban J connectivity index is 1.79. The summed E-state index contributed by atoms with van der Waals surface area (Å²) < 4.78 is 6.28. The largest absolute Gasteiger partial charge is 0.415 e. The molecule has 1 unspecified atom stereocenters. The van der Waals surface area contributed by atoms with Crippen LogP contribution < -0.4 is 5.32 Å². The molecule has 1 atom stereocenters. The first-order valence-corrected chi connectivity index (χ1v) is 9.57. The van der Waals surface area contributed by atoms with Crippen LogP contribution in [-0.4, -0.2) is 26.5 Å². The van der Waals surface area contributed by atoms with Crippen molar-refractivity contribution < 1.29 is 4.43 Å². The minimum atomic E-state index is -1.54. The third-order valence-electron chi connectivity index (χ3n) is 4.79. The monoisotopic (exact) mass is 241 g/mol. The average Bonchev–Trinajstić information content (AvgIpc) is 2.74. The zero-order valence-corrected chi connectivity index (χ0v) is 12.5. The van der Waals surface area contributed by atoms with E-state index in [2.05, 4.69) is 39.2 Å². The third-order valence-corrected chi connectivity index (χ3v) is 9.29. The first-order chi connectivity index (χ1) is 7.24. The van der Waals surface area contributed by atoms with E-state index in [9.17, 15) is 0 Å². The van der Waals surface area contributed by atoms with Crippen LogP contribution in [0.3, 0.4) is 0 Å². The van der Waals surface area contributed by atoms with Gasteiger partial charge in [0, 0.05) is 18.2 Å². The highest BCUT2D eigenvalue weighted by Crippen LogP contribution is 2.45. The van der Waals surface area contributed by atoms with Gasteiger partial charge >= 0.3 is 0 Å². The summed E-state index contributed by atoms with van der Waals surface area (Å²) in [5, 5.41) is 4.10. The van der Waals surface area contributed by atoms with Crippen molar-refractivity contribution in [2.75, 3.05) is 6.61 Å². The summed E-state index contributed by atoms with van der Waals surface area (Å²) in [5.74, 6) is 0. The molecule has 1 N–H and O–H groups in total. The van der Waals surface area contributed by atoms with Gasteiger partial charge in [-0.05, 0) is 43.8 Å². The fraction of sp³-hybridized carbons (Fsp3) is 1.00. The molecule has 2 rings (SSSR count). The van der Waals surface area contributed by atoms with Crippen LogP contribution in [0.5, 0.6) is 0 Å². The van der Waals surface area contributed by atoms with Gasteiger partial charge in [-0.3, -0.25) is 0 Å². The van der Waals surface area contributed by atoms with Crippen molar-refractivity contribution in [1.29, 1.82) is 0 Å². The van der Waals surface area contributed by atoms with Crippen LogP contribution in [0.15, 0.2) is 0 Å². The highest BCUT2D eigenvalue weighted by molar-refractivity contribution is 6.74. The maximum absolute atomic E-state index is 6.28. The van der Waals surface area contributed by atoms with Gasteiger partial charge in [-0.25, -0.2) is 0 Å². The molecule has 16 heavy (non-hydrogen) atoms. The molecular formula is C13H27NOSi.